The zero-order valence-corrected chi connectivity index (χ0v) is 8.15. The van der Waals surface area contributed by atoms with Crippen molar-refractivity contribution < 1.29 is 14.3 Å². The zero-order valence-electron chi connectivity index (χ0n) is 8.15. The summed E-state index contributed by atoms with van der Waals surface area (Å²) in [4.78, 5) is 13.2. The van der Waals surface area contributed by atoms with Crippen LogP contribution < -0.4 is 5.73 Å². The van der Waals surface area contributed by atoms with E-state index < -0.39 is 0 Å². The highest BCUT2D eigenvalue weighted by Gasteiger charge is 2.35. The van der Waals surface area contributed by atoms with Crippen LogP contribution in [-0.4, -0.2) is 49.4 Å². The number of hydrogen-bond donors (Lipinski definition) is 1. The molecule has 0 saturated carbocycles. The van der Waals surface area contributed by atoms with Crippen molar-refractivity contribution in [2.45, 2.75) is 25.0 Å². The number of carbonyl (C=O) groups is 1. The summed E-state index contributed by atoms with van der Waals surface area (Å²) in [6.07, 6.45) is 1.65. The summed E-state index contributed by atoms with van der Waals surface area (Å²) in [6, 6.07) is 0.188. The van der Waals surface area contributed by atoms with Crippen LogP contribution in [0.4, 0.5) is 4.79 Å². The first-order chi connectivity index (χ1) is 6.81. The van der Waals surface area contributed by atoms with Crippen LogP contribution in [-0.2, 0) is 9.47 Å². The number of hydrogen-bond acceptors (Lipinski definition) is 4. The Balaban J connectivity index is 1.93. The molecule has 1 amide bonds. The number of cyclic esters (lactones) is 1. The van der Waals surface area contributed by atoms with E-state index in [0.29, 0.717) is 19.7 Å². The molecule has 0 aliphatic carbocycles. The summed E-state index contributed by atoms with van der Waals surface area (Å²) in [5.74, 6) is 0. The topological polar surface area (TPSA) is 64.8 Å². The zero-order chi connectivity index (χ0) is 9.97. The van der Waals surface area contributed by atoms with E-state index in [1.165, 1.54) is 0 Å². The maximum Gasteiger partial charge on any atom is 0.410 e. The minimum atomic E-state index is -0.240. The van der Waals surface area contributed by atoms with Gasteiger partial charge in [-0.15, -0.1) is 0 Å². The monoisotopic (exact) mass is 200 g/mol. The van der Waals surface area contributed by atoms with Crippen molar-refractivity contribution in [2.75, 3.05) is 26.3 Å². The molecule has 0 radical (unpaired) electrons. The summed E-state index contributed by atoms with van der Waals surface area (Å²) < 4.78 is 10.4. The molecule has 0 aromatic carbocycles. The molecule has 2 fully saturated rings. The lowest BCUT2D eigenvalue weighted by Crippen LogP contribution is -2.42. The summed E-state index contributed by atoms with van der Waals surface area (Å²) in [5, 5.41) is 0. The van der Waals surface area contributed by atoms with Crippen LogP contribution in [0.2, 0.25) is 0 Å². The molecule has 0 bridgehead atoms. The lowest BCUT2D eigenvalue weighted by Gasteiger charge is -2.28. The quantitative estimate of drug-likeness (QED) is 0.678. The molecular weight excluding hydrogens is 184 g/mol. The van der Waals surface area contributed by atoms with E-state index in [4.69, 9.17) is 15.2 Å². The van der Waals surface area contributed by atoms with Gasteiger partial charge in [0.15, 0.2) is 0 Å². The van der Waals surface area contributed by atoms with E-state index >= 15 is 0 Å². The van der Waals surface area contributed by atoms with E-state index in [9.17, 15) is 4.79 Å². The third-order valence-electron chi connectivity index (χ3n) is 2.74. The summed E-state index contributed by atoms with van der Waals surface area (Å²) >= 11 is 0. The number of nitrogens with two attached hydrogens (primary N) is 1. The molecule has 2 saturated heterocycles. The molecule has 2 rings (SSSR count). The van der Waals surface area contributed by atoms with Gasteiger partial charge >= 0.3 is 6.09 Å². The van der Waals surface area contributed by atoms with Gasteiger partial charge in [0.2, 0.25) is 0 Å². The molecule has 0 spiro atoms. The first-order valence-corrected chi connectivity index (χ1v) is 5.06. The molecule has 5 nitrogen and oxygen atoms in total. The Morgan fingerprint density at radius 3 is 3.00 bits per heavy atom. The molecule has 0 aromatic heterocycles. The van der Waals surface area contributed by atoms with Crippen molar-refractivity contribution >= 4 is 6.09 Å². The van der Waals surface area contributed by atoms with Crippen molar-refractivity contribution in [3.63, 3.8) is 0 Å². The summed E-state index contributed by atoms with van der Waals surface area (Å²) in [5.41, 5.74) is 5.45. The van der Waals surface area contributed by atoms with Gasteiger partial charge < -0.3 is 15.2 Å². The van der Waals surface area contributed by atoms with Crippen molar-refractivity contribution in [2.24, 2.45) is 5.73 Å². The Morgan fingerprint density at radius 2 is 2.43 bits per heavy atom. The fraction of sp³-hybridized carbons (Fsp3) is 0.889. The van der Waals surface area contributed by atoms with Gasteiger partial charge in [-0.3, -0.25) is 4.90 Å². The van der Waals surface area contributed by atoms with Crippen LogP contribution in [0.15, 0.2) is 0 Å². The standard InChI is InChI=1S/C9H16N2O3/c10-4-8-5-11(9(12)14-8)7-2-1-3-13-6-7/h7-8H,1-6,10H2/t7?,8-/m0/s1. The van der Waals surface area contributed by atoms with Crippen molar-refractivity contribution in [3.05, 3.63) is 0 Å². The molecule has 2 atom stereocenters. The van der Waals surface area contributed by atoms with Crippen LogP contribution in [0.3, 0.4) is 0 Å². The second kappa shape index (κ2) is 4.14. The largest absolute Gasteiger partial charge is 0.443 e. The second-order valence-corrected chi connectivity index (χ2v) is 3.76. The van der Waals surface area contributed by atoms with E-state index in [-0.39, 0.29) is 18.2 Å². The van der Waals surface area contributed by atoms with Crippen LogP contribution in [0.5, 0.6) is 0 Å². The summed E-state index contributed by atoms with van der Waals surface area (Å²) in [7, 11) is 0. The smallest absolute Gasteiger partial charge is 0.410 e. The highest BCUT2D eigenvalue weighted by atomic mass is 16.6. The first-order valence-electron chi connectivity index (χ1n) is 5.06. The number of amides is 1. The highest BCUT2D eigenvalue weighted by Crippen LogP contribution is 2.19. The highest BCUT2D eigenvalue weighted by molar-refractivity contribution is 5.70. The summed E-state index contributed by atoms with van der Waals surface area (Å²) in [6.45, 7) is 2.45. The van der Waals surface area contributed by atoms with E-state index in [0.717, 1.165) is 19.4 Å². The molecule has 2 aliphatic rings. The third-order valence-corrected chi connectivity index (χ3v) is 2.74. The second-order valence-electron chi connectivity index (χ2n) is 3.76. The van der Waals surface area contributed by atoms with Crippen LogP contribution in [0, 0.1) is 0 Å². The molecule has 1 unspecified atom stereocenters. The predicted octanol–water partition coefficient (Wildman–Crippen LogP) is -0.0551. The molecule has 14 heavy (non-hydrogen) atoms. The molecule has 0 aromatic rings. The average Bonchev–Trinajstić information content (AvgIpc) is 2.61. The van der Waals surface area contributed by atoms with Gasteiger partial charge in [0, 0.05) is 13.2 Å². The van der Waals surface area contributed by atoms with Crippen molar-refractivity contribution in [3.8, 4) is 0 Å². The first kappa shape index (κ1) is 9.73. The number of nitrogens with zero attached hydrogens (tertiary/aromatic N) is 1. The van der Waals surface area contributed by atoms with Gasteiger partial charge in [0.1, 0.15) is 6.10 Å². The fourth-order valence-corrected chi connectivity index (χ4v) is 1.93. The van der Waals surface area contributed by atoms with E-state index in [1.54, 1.807) is 4.90 Å². The minimum absolute atomic E-state index is 0.135. The Morgan fingerprint density at radius 1 is 1.57 bits per heavy atom. The number of ether oxygens (including phenoxy) is 2. The number of rotatable bonds is 2. The predicted molar refractivity (Wildman–Crippen MR) is 49.9 cm³/mol. The van der Waals surface area contributed by atoms with Crippen LogP contribution in [0.25, 0.3) is 0 Å². The fourth-order valence-electron chi connectivity index (χ4n) is 1.93. The molecule has 2 N–H and O–H groups in total. The Kier molecular flexibility index (Phi) is 2.88. The van der Waals surface area contributed by atoms with Gasteiger partial charge in [-0.05, 0) is 12.8 Å². The Bertz CT molecular complexity index is 216. The lowest BCUT2D eigenvalue weighted by atomic mass is 10.1. The van der Waals surface area contributed by atoms with E-state index in [1.807, 2.05) is 0 Å². The van der Waals surface area contributed by atoms with Crippen molar-refractivity contribution in [1.82, 2.24) is 4.90 Å². The molecule has 80 valence electrons. The van der Waals surface area contributed by atoms with E-state index in [2.05, 4.69) is 0 Å². The molecule has 2 heterocycles. The normalized spacial score (nSPS) is 33.2. The third kappa shape index (κ3) is 1.83. The molecular formula is C9H16N2O3. The van der Waals surface area contributed by atoms with Gasteiger partial charge in [-0.2, -0.15) is 0 Å². The van der Waals surface area contributed by atoms with Gasteiger partial charge in [-0.25, -0.2) is 4.79 Å². The van der Waals surface area contributed by atoms with Crippen molar-refractivity contribution in [1.29, 1.82) is 0 Å². The molecule has 5 heteroatoms. The molecule has 2 aliphatic heterocycles. The minimum Gasteiger partial charge on any atom is -0.443 e. The average molecular weight is 200 g/mol. The maximum absolute atomic E-state index is 11.4. The number of carbonyl (C=O) groups excluding carboxylic acids is 1. The Hall–Kier alpha value is -0.810. The lowest BCUT2D eigenvalue weighted by molar-refractivity contribution is 0.0347. The van der Waals surface area contributed by atoms with Crippen LogP contribution >= 0.6 is 0 Å². The van der Waals surface area contributed by atoms with Gasteiger partial charge in [0.25, 0.3) is 0 Å². The maximum atomic E-state index is 11.4. The Labute approximate surface area is 83.1 Å². The SMILES string of the molecule is NC[C@H]1CN(C2CCCOC2)C(=O)O1. The van der Waals surface area contributed by atoms with Crippen LogP contribution in [0.1, 0.15) is 12.8 Å². The van der Waals surface area contributed by atoms with Gasteiger partial charge in [0.05, 0.1) is 19.2 Å². The van der Waals surface area contributed by atoms with Gasteiger partial charge in [-0.1, -0.05) is 0 Å².